The van der Waals surface area contributed by atoms with Gasteiger partial charge in [0.1, 0.15) is 0 Å². The monoisotopic (exact) mass is 90.1 g/mol. The van der Waals surface area contributed by atoms with E-state index in [1.165, 1.54) is 18.1 Å². The van der Waals surface area contributed by atoms with Crippen molar-refractivity contribution in [2.45, 2.75) is 13.8 Å². The summed E-state index contributed by atoms with van der Waals surface area (Å²) >= 11 is 0. The molecule has 0 aromatic heterocycles. The van der Waals surface area contributed by atoms with Gasteiger partial charge in [-0.3, -0.25) is 0 Å². The van der Waals surface area contributed by atoms with E-state index in [1.54, 1.807) is 0 Å². The van der Waals surface area contributed by atoms with E-state index >= 15 is 0 Å². The summed E-state index contributed by atoms with van der Waals surface area (Å²) in [6.45, 7) is 6.50. The maximum absolute atomic E-state index is 2.18. The van der Waals surface area contributed by atoms with Gasteiger partial charge in [0.15, 0.2) is 0 Å². The molecule has 0 aromatic carbocycles. The fourth-order valence-electron chi connectivity index (χ4n) is 0.842. The van der Waals surface area contributed by atoms with Gasteiger partial charge in [0.25, 0.3) is 0 Å². The quantitative estimate of drug-likeness (QED) is 0.371. The van der Waals surface area contributed by atoms with E-state index in [-0.39, 0.29) is 0 Å². The first-order valence-corrected chi connectivity index (χ1v) is 2.62. The number of hydrogen-bond acceptors (Lipinski definition) is 0. The Hall–Kier alpha value is -0.260. The number of hydrogen-bond donors (Lipinski definition) is 0. The normalized spacial score (nSPS) is 16.9. The first-order valence-electron chi connectivity index (χ1n) is 2.62. The van der Waals surface area contributed by atoms with Crippen LogP contribution in [0, 0.1) is 0 Å². The summed E-state index contributed by atoms with van der Waals surface area (Å²) in [6, 6.07) is 0. The second-order valence-electron chi connectivity index (χ2n) is 2.20. The number of rotatable bonds is 0. The molecule has 1 aliphatic rings. The molecule has 0 saturated carbocycles. The summed E-state index contributed by atoms with van der Waals surface area (Å²) < 4.78 is 0. The van der Waals surface area contributed by atoms with E-state index in [0.29, 0.717) is 0 Å². The Morgan fingerprint density at radius 2 is 2.29 bits per heavy atom. The number of allylic oxidation sites excluding steroid dienone is 1. The molecule has 0 spiro atoms. The van der Waals surface area contributed by atoms with E-state index in [0.717, 1.165) is 0 Å². The van der Waals surface area contributed by atoms with Crippen LogP contribution in [0.5, 0.6) is 0 Å². The molecular formula is C5H8B2. The Kier molecular flexibility index (Phi) is 1.18. The van der Waals surface area contributed by atoms with E-state index in [9.17, 15) is 0 Å². The molecule has 0 amide bonds. The van der Waals surface area contributed by atoms with Crippen LogP contribution in [0.25, 0.3) is 0 Å². The van der Waals surface area contributed by atoms with Crippen molar-refractivity contribution in [3.05, 3.63) is 11.4 Å². The summed E-state index contributed by atoms with van der Waals surface area (Å²) in [5, 5.41) is 1.48. The van der Waals surface area contributed by atoms with Crippen LogP contribution in [0.3, 0.4) is 0 Å². The molecule has 0 aliphatic carbocycles. The summed E-state index contributed by atoms with van der Waals surface area (Å²) in [6.07, 6.45) is 0. The molecule has 2 heteroatoms. The van der Waals surface area contributed by atoms with Crippen molar-refractivity contribution >= 4 is 19.6 Å². The van der Waals surface area contributed by atoms with Gasteiger partial charge in [-0.05, 0) is 0 Å². The standard InChI is InChI=1S/C5H8B2/c1-4-3-6-5(2)7-4/h3,7H,1-2H3. The SMILES string of the molecule is CC1=BC=C(C)B1. The van der Waals surface area contributed by atoms with Gasteiger partial charge in [-0.1, -0.05) is 0 Å². The van der Waals surface area contributed by atoms with Crippen LogP contribution in [0.4, 0.5) is 0 Å². The predicted octanol–water partition coefficient (Wildman–Crippen LogP) is 0.152. The molecule has 34 valence electrons. The van der Waals surface area contributed by atoms with Gasteiger partial charge < -0.3 is 0 Å². The Morgan fingerprint density at radius 3 is 2.43 bits per heavy atom. The Labute approximate surface area is 45.8 Å². The average molecular weight is 89.7 g/mol. The topological polar surface area (TPSA) is 0 Å². The molecule has 0 N–H and O–H groups in total. The van der Waals surface area contributed by atoms with Crippen LogP contribution >= 0.6 is 0 Å². The predicted molar refractivity (Wildman–Crippen MR) is 37.3 cm³/mol. The molecule has 0 radical (unpaired) electrons. The van der Waals surface area contributed by atoms with Crippen LogP contribution in [-0.2, 0) is 0 Å². The third-order valence-electron chi connectivity index (χ3n) is 1.21. The van der Waals surface area contributed by atoms with Gasteiger partial charge in [-0.15, -0.1) is 0 Å². The summed E-state index contributed by atoms with van der Waals surface area (Å²) in [4.78, 5) is 0. The molecule has 0 aromatic rings. The van der Waals surface area contributed by atoms with Crippen molar-refractivity contribution in [1.82, 2.24) is 0 Å². The second kappa shape index (κ2) is 1.69. The molecule has 7 heavy (non-hydrogen) atoms. The zero-order valence-corrected chi connectivity index (χ0v) is 4.86. The van der Waals surface area contributed by atoms with Gasteiger partial charge in [-0.2, -0.15) is 0 Å². The molecule has 0 bridgehead atoms. The van der Waals surface area contributed by atoms with Crippen LogP contribution in [0.15, 0.2) is 11.4 Å². The Bertz CT molecular complexity index is 117. The van der Waals surface area contributed by atoms with Crippen molar-refractivity contribution in [1.29, 1.82) is 0 Å². The van der Waals surface area contributed by atoms with Crippen LogP contribution in [0.2, 0.25) is 0 Å². The average Bonchev–Trinajstić information content (AvgIpc) is 1.87. The Morgan fingerprint density at radius 1 is 1.57 bits per heavy atom. The van der Waals surface area contributed by atoms with Gasteiger partial charge >= 0.3 is 44.9 Å². The van der Waals surface area contributed by atoms with E-state index < -0.39 is 0 Å². The minimum absolute atomic E-state index is 1.19. The van der Waals surface area contributed by atoms with E-state index in [2.05, 4.69) is 26.7 Å². The third-order valence-corrected chi connectivity index (χ3v) is 1.21. The van der Waals surface area contributed by atoms with Crippen LogP contribution in [0.1, 0.15) is 13.8 Å². The molecule has 1 rings (SSSR count). The molecule has 0 atom stereocenters. The molecule has 0 nitrogen and oxygen atoms in total. The molecule has 1 heterocycles. The van der Waals surface area contributed by atoms with E-state index in [1.807, 2.05) is 0 Å². The molecule has 0 fully saturated rings. The van der Waals surface area contributed by atoms with E-state index in [4.69, 9.17) is 0 Å². The fraction of sp³-hybridized carbons (Fsp3) is 0.400. The van der Waals surface area contributed by atoms with Gasteiger partial charge in [0.2, 0.25) is 0 Å². The Balaban J connectivity index is 2.61. The summed E-state index contributed by atoms with van der Waals surface area (Å²) in [7, 11) is 1.19. The first kappa shape index (κ1) is 4.89. The molecule has 1 aliphatic heterocycles. The van der Waals surface area contributed by atoms with Crippen molar-refractivity contribution in [2.24, 2.45) is 0 Å². The van der Waals surface area contributed by atoms with Gasteiger partial charge in [0.05, 0.1) is 0 Å². The van der Waals surface area contributed by atoms with Gasteiger partial charge in [0, 0.05) is 0 Å². The minimum atomic E-state index is 1.19. The van der Waals surface area contributed by atoms with Crippen molar-refractivity contribution < 1.29 is 0 Å². The van der Waals surface area contributed by atoms with Crippen molar-refractivity contribution in [2.75, 3.05) is 0 Å². The summed E-state index contributed by atoms with van der Waals surface area (Å²) in [5.41, 5.74) is 1.48. The second-order valence-corrected chi connectivity index (χ2v) is 2.20. The van der Waals surface area contributed by atoms with Gasteiger partial charge in [-0.25, -0.2) is 0 Å². The fourth-order valence-corrected chi connectivity index (χ4v) is 0.842. The van der Waals surface area contributed by atoms with Crippen molar-refractivity contribution in [3.63, 3.8) is 0 Å². The molecule has 0 saturated heterocycles. The maximum atomic E-state index is 2.18. The van der Waals surface area contributed by atoms with Crippen molar-refractivity contribution in [3.8, 4) is 0 Å². The molecular weight excluding hydrogens is 81.7 g/mol. The van der Waals surface area contributed by atoms with Crippen LogP contribution < -0.4 is 0 Å². The first-order chi connectivity index (χ1) is 3.29. The summed E-state index contributed by atoms with van der Waals surface area (Å²) in [5.74, 6) is 2.18. The third kappa shape index (κ3) is 1.05. The molecule has 0 unspecified atom stereocenters. The zero-order chi connectivity index (χ0) is 5.28. The zero-order valence-electron chi connectivity index (χ0n) is 4.86. The van der Waals surface area contributed by atoms with Crippen LogP contribution in [-0.4, -0.2) is 19.6 Å².